The number of nitrogens with one attached hydrogen (secondary N) is 1. The van der Waals surface area contributed by atoms with Gasteiger partial charge in [-0.05, 0) is 57.4 Å². The SMILES string of the molecule is [2H]C([2H])([2H])C([2H])(n1nc(N[C@@H]2[C@@H]3CC[C@H]2CN(c2cc(C)ncn2)C3)nc1Oc1ccc(F)c(Cl)c1)C([2H])([2H])[2H]. The molecule has 2 bridgehead atoms. The largest absolute Gasteiger partial charge is 0.424 e. The lowest BCUT2D eigenvalue weighted by Crippen LogP contribution is -2.48. The van der Waals surface area contributed by atoms with Crippen molar-refractivity contribution in [3.63, 3.8) is 0 Å². The molecule has 10 heteroatoms. The molecule has 0 radical (unpaired) electrons. The summed E-state index contributed by atoms with van der Waals surface area (Å²) < 4.78 is 75.9. The minimum Gasteiger partial charge on any atom is -0.424 e. The molecule has 174 valence electrons. The Bertz CT molecular complexity index is 1370. The number of ether oxygens (including phenoxy) is 1. The van der Waals surface area contributed by atoms with Crippen LogP contribution in [0.5, 0.6) is 11.8 Å². The Balaban J connectivity index is 1.47. The maximum absolute atomic E-state index is 13.7. The molecule has 1 N–H and O–H groups in total. The molecule has 1 aromatic carbocycles. The van der Waals surface area contributed by atoms with Crippen molar-refractivity contribution in [2.24, 2.45) is 11.8 Å². The molecule has 1 saturated carbocycles. The van der Waals surface area contributed by atoms with Gasteiger partial charge in [-0.15, -0.1) is 5.10 Å². The summed E-state index contributed by atoms with van der Waals surface area (Å²) in [6.45, 7) is -3.38. The number of hydrogen-bond acceptors (Lipinski definition) is 7. The normalized spacial score (nSPS) is 26.3. The molecule has 1 saturated heterocycles. The van der Waals surface area contributed by atoms with Gasteiger partial charge in [0.15, 0.2) is 0 Å². The number of aromatic nitrogens is 5. The molecule has 2 aliphatic rings. The summed E-state index contributed by atoms with van der Waals surface area (Å²) in [5.74, 6) is 0.351. The van der Waals surface area contributed by atoms with Crippen LogP contribution in [0.1, 0.15) is 47.9 Å². The van der Waals surface area contributed by atoms with Gasteiger partial charge < -0.3 is 15.0 Å². The maximum atomic E-state index is 13.7. The molecule has 2 fully saturated rings. The van der Waals surface area contributed by atoms with E-state index in [1.807, 2.05) is 13.0 Å². The zero-order valence-corrected chi connectivity index (χ0v) is 18.6. The lowest BCUT2D eigenvalue weighted by Gasteiger charge is -2.38. The number of rotatable bonds is 6. The van der Waals surface area contributed by atoms with E-state index >= 15 is 0 Å². The molecule has 33 heavy (non-hydrogen) atoms. The Labute approximate surface area is 207 Å². The van der Waals surface area contributed by atoms with Gasteiger partial charge in [-0.25, -0.2) is 19.0 Å². The Morgan fingerprint density at radius 1 is 1.24 bits per heavy atom. The molecule has 1 aliphatic heterocycles. The predicted octanol–water partition coefficient (Wildman–Crippen LogP) is 4.87. The third-order valence-corrected chi connectivity index (χ3v) is 6.42. The summed E-state index contributed by atoms with van der Waals surface area (Å²) in [5.41, 5.74) is 0.865. The minimum absolute atomic E-state index is 0.0430. The zero-order chi connectivity index (χ0) is 29.0. The zero-order valence-electron chi connectivity index (χ0n) is 24.8. The van der Waals surface area contributed by atoms with Crippen LogP contribution in [0.25, 0.3) is 0 Å². The first kappa shape index (κ1) is 15.1. The van der Waals surface area contributed by atoms with Gasteiger partial charge in [0, 0.05) is 45.2 Å². The maximum Gasteiger partial charge on any atom is 0.322 e. The van der Waals surface area contributed by atoms with Crippen molar-refractivity contribution in [1.82, 2.24) is 24.7 Å². The first-order chi connectivity index (χ1) is 18.7. The van der Waals surface area contributed by atoms with E-state index in [4.69, 9.17) is 25.9 Å². The quantitative estimate of drug-likeness (QED) is 0.541. The van der Waals surface area contributed by atoms with Crippen molar-refractivity contribution in [3.05, 3.63) is 47.1 Å². The first-order valence-corrected chi connectivity index (χ1v) is 11.0. The summed E-state index contributed by atoms with van der Waals surface area (Å²) >= 11 is 5.85. The van der Waals surface area contributed by atoms with Crippen LogP contribution < -0.4 is 15.0 Å². The standard InChI is InChI=1S/C23H27ClFN7O/c1-13(2)32-23(33-17-6-7-19(25)18(24)9-17)29-22(30-32)28-21-15-4-5-16(21)11-31(10-15)20-8-14(3)26-12-27-20/h6-9,12-13,15-16,21H,4-5,10-11H2,1-3H3,(H,28,30)/t15-,16+,21-/i1D3,2D3,13D. The average Bonchev–Trinajstić information content (AvgIpc) is 3.34. The fraction of sp³-hybridized carbons (Fsp3) is 0.478. The monoisotopic (exact) mass is 478 g/mol. The molecular weight excluding hydrogens is 445 g/mol. The van der Waals surface area contributed by atoms with Crippen LogP contribution in [0, 0.1) is 24.6 Å². The van der Waals surface area contributed by atoms with Crippen LogP contribution in [0.3, 0.4) is 0 Å². The number of benzene rings is 1. The van der Waals surface area contributed by atoms with E-state index < -0.39 is 31.5 Å². The van der Waals surface area contributed by atoms with E-state index in [1.165, 1.54) is 12.4 Å². The third-order valence-electron chi connectivity index (χ3n) is 6.13. The number of fused-ring (bicyclic) bond motifs is 2. The van der Waals surface area contributed by atoms with E-state index in [-0.39, 0.29) is 34.6 Å². The highest BCUT2D eigenvalue weighted by atomic mass is 35.5. The topological polar surface area (TPSA) is 81.0 Å². The lowest BCUT2D eigenvalue weighted by atomic mass is 9.92. The summed E-state index contributed by atoms with van der Waals surface area (Å²) in [7, 11) is 0. The molecule has 5 rings (SSSR count). The Morgan fingerprint density at radius 3 is 2.73 bits per heavy atom. The van der Waals surface area contributed by atoms with Gasteiger partial charge in [-0.1, -0.05) is 11.6 Å². The summed E-state index contributed by atoms with van der Waals surface area (Å²) in [4.78, 5) is 15.0. The van der Waals surface area contributed by atoms with Crippen molar-refractivity contribution in [2.45, 2.75) is 45.5 Å². The second-order valence-corrected chi connectivity index (χ2v) is 8.75. The third kappa shape index (κ3) is 4.46. The van der Waals surface area contributed by atoms with E-state index in [1.54, 1.807) is 0 Å². The van der Waals surface area contributed by atoms with Crippen LogP contribution in [0.4, 0.5) is 16.2 Å². The highest BCUT2D eigenvalue weighted by molar-refractivity contribution is 6.30. The summed E-state index contributed by atoms with van der Waals surface area (Å²) in [5, 5.41) is 7.13. The fourth-order valence-electron chi connectivity index (χ4n) is 4.62. The van der Waals surface area contributed by atoms with Crippen molar-refractivity contribution >= 4 is 23.4 Å². The summed E-state index contributed by atoms with van der Waals surface area (Å²) in [6, 6.07) is 1.42. The van der Waals surface area contributed by atoms with Crippen LogP contribution in [-0.4, -0.2) is 43.9 Å². The minimum atomic E-state index is -3.35. The molecule has 1 aliphatic carbocycles. The Hall–Kier alpha value is -2.94. The van der Waals surface area contributed by atoms with Crippen LogP contribution in [0.2, 0.25) is 5.02 Å². The van der Waals surface area contributed by atoms with Gasteiger partial charge in [0.2, 0.25) is 5.95 Å². The predicted molar refractivity (Wildman–Crippen MR) is 124 cm³/mol. The van der Waals surface area contributed by atoms with Gasteiger partial charge >= 0.3 is 6.01 Å². The first-order valence-electron chi connectivity index (χ1n) is 14.1. The fourth-order valence-corrected chi connectivity index (χ4v) is 4.79. The average molecular weight is 479 g/mol. The van der Waals surface area contributed by atoms with Crippen molar-refractivity contribution in [3.8, 4) is 11.8 Å². The number of nitrogens with zero attached hydrogens (tertiary/aromatic N) is 6. The Morgan fingerprint density at radius 2 is 2.03 bits per heavy atom. The molecular formula is C23H27ClFN7O. The van der Waals surface area contributed by atoms with Crippen LogP contribution >= 0.6 is 11.6 Å². The molecule has 2 aromatic heterocycles. The Kier molecular flexibility index (Phi) is 4.00. The number of halogens is 2. The smallest absolute Gasteiger partial charge is 0.322 e. The molecule has 0 spiro atoms. The van der Waals surface area contributed by atoms with E-state index in [0.717, 1.165) is 36.5 Å². The van der Waals surface area contributed by atoms with E-state index in [0.29, 0.717) is 17.8 Å². The lowest BCUT2D eigenvalue weighted by molar-refractivity contribution is 0.373. The number of hydrogen-bond donors (Lipinski definition) is 1. The molecule has 0 amide bonds. The summed E-state index contributed by atoms with van der Waals surface area (Å²) in [6.07, 6.45) is 3.38. The van der Waals surface area contributed by atoms with Gasteiger partial charge in [0.1, 0.15) is 23.7 Å². The van der Waals surface area contributed by atoms with Crippen LogP contribution in [-0.2, 0) is 0 Å². The van der Waals surface area contributed by atoms with Gasteiger partial charge in [-0.3, -0.25) is 0 Å². The van der Waals surface area contributed by atoms with E-state index in [2.05, 4.69) is 30.3 Å². The highest BCUT2D eigenvalue weighted by Crippen LogP contribution is 2.40. The number of aryl methyl sites for hydroxylation is 1. The number of anilines is 2. The molecule has 3 heterocycles. The highest BCUT2D eigenvalue weighted by Gasteiger charge is 2.43. The van der Waals surface area contributed by atoms with Gasteiger partial charge in [0.05, 0.1) is 12.4 Å². The molecule has 0 unspecified atom stereocenters. The molecule has 3 atom stereocenters. The second-order valence-electron chi connectivity index (χ2n) is 8.35. The van der Waals surface area contributed by atoms with Crippen molar-refractivity contribution in [1.29, 1.82) is 0 Å². The van der Waals surface area contributed by atoms with Gasteiger partial charge in [0.25, 0.3) is 0 Å². The van der Waals surface area contributed by atoms with Gasteiger partial charge in [-0.2, -0.15) is 4.98 Å². The van der Waals surface area contributed by atoms with Crippen molar-refractivity contribution < 1.29 is 18.7 Å². The van der Waals surface area contributed by atoms with Crippen molar-refractivity contribution in [2.75, 3.05) is 23.3 Å². The second kappa shape index (κ2) is 8.78. The van der Waals surface area contributed by atoms with E-state index in [9.17, 15) is 4.39 Å². The molecule has 3 aromatic rings. The number of piperidine rings is 1. The molecule has 8 nitrogen and oxygen atoms in total. The van der Waals surface area contributed by atoms with Crippen LogP contribution in [0.15, 0.2) is 30.6 Å².